The Kier molecular flexibility index (Phi) is 6.55. The van der Waals surface area contributed by atoms with Gasteiger partial charge < -0.3 is 4.74 Å². The molecule has 1 aliphatic carbocycles. The molecule has 0 saturated heterocycles. The first-order valence-electron chi connectivity index (χ1n) is 9.40. The number of nitrogens with zero attached hydrogens (tertiary/aromatic N) is 2. The molecule has 150 valence electrons. The van der Waals surface area contributed by atoms with Crippen LogP contribution in [0.1, 0.15) is 35.2 Å². The molecule has 0 aliphatic heterocycles. The molecule has 1 heterocycles. The maximum absolute atomic E-state index is 6.31. The zero-order chi connectivity index (χ0) is 20.4. The van der Waals surface area contributed by atoms with Crippen LogP contribution in [0.4, 0.5) is 0 Å². The quantitative estimate of drug-likeness (QED) is 0.219. The summed E-state index contributed by atoms with van der Waals surface area (Å²) in [6.45, 7) is 2.08. The first-order valence-corrected chi connectivity index (χ1v) is 11.5. The summed E-state index contributed by atoms with van der Waals surface area (Å²) in [5.74, 6) is 1.80. The van der Waals surface area contributed by atoms with E-state index in [4.69, 9.17) is 49.5 Å². The number of hydrogen-bond acceptors (Lipinski definition) is 4. The molecule has 1 aliphatic rings. The van der Waals surface area contributed by atoms with E-state index in [1.807, 2.05) is 0 Å². The molecular formula is C22H19Cl3N2OS. The molecule has 3 aromatic rings. The van der Waals surface area contributed by atoms with Crippen molar-refractivity contribution in [2.45, 2.75) is 43.5 Å². The van der Waals surface area contributed by atoms with Crippen molar-refractivity contribution >= 4 is 46.6 Å². The monoisotopic (exact) mass is 464 g/mol. The van der Waals surface area contributed by atoms with Crippen LogP contribution in [0.25, 0.3) is 0 Å². The number of aryl methyl sites for hydroxylation is 2. The third kappa shape index (κ3) is 5.00. The first kappa shape index (κ1) is 20.8. The van der Waals surface area contributed by atoms with Crippen molar-refractivity contribution in [3.8, 4) is 11.6 Å². The van der Waals surface area contributed by atoms with E-state index in [0.717, 1.165) is 42.7 Å². The average Bonchev–Trinajstić information content (AvgIpc) is 2.71. The van der Waals surface area contributed by atoms with Crippen molar-refractivity contribution in [3.05, 3.63) is 73.9 Å². The van der Waals surface area contributed by atoms with Crippen LogP contribution in [-0.2, 0) is 18.6 Å². The van der Waals surface area contributed by atoms with Crippen LogP contribution >= 0.6 is 46.6 Å². The molecule has 0 N–H and O–H groups in total. The van der Waals surface area contributed by atoms with Gasteiger partial charge in [0.15, 0.2) is 5.16 Å². The predicted octanol–water partition coefficient (Wildman–Crippen LogP) is 7.71. The van der Waals surface area contributed by atoms with Crippen molar-refractivity contribution in [1.82, 2.24) is 9.97 Å². The minimum atomic E-state index is 0.392. The van der Waals surface area contributed by atoms with Crippen LogP contribution < -0.4 is 4.74 Å². The van der Waals surface area contributed by atoms with Crippen LogP contribution in [0.5, 0.6) is 11.6 Å². The third-order valence-electron chi connectivity index (χ3n) is 4.79. The minimum Gasteiger partial charge on any atom is -0.437 e. The van der Waals surface area contributed by atoms with Crippen molar-refractivity contribution in [2.24, 2.45) is 0 Å². The number of ether oxygens (including phenoxy) is 1. The maximum Gasteiger partial charge on any atom is 0.226 e. The smallest absolute Gasteiger partial charge is 0.226 e. The molecule has 0 bridgehead atoms. The summed E-state index contributed by atoms with van der Waals surface area (Å²) < 4.78 is 6.11. The zero-order valence-corrected chi connectivity index (χ0v) is 18.9. The van der Waals surface area contributed by atoms with E-state index in [0.29, 0.717) is 31.9 Å². The molecule has 29 heavy (non-hydrogen) atoms. The number of benzene rings is 2. The molecule has 7 heteroatoms. The van der Waals surface area contributed by atoms with Crippen molar-refractivity contribution in [3.63, 3.8) is 0 Å². The second-order valence-corrected chi connectivity index (χ2v) is 9.18. The molecule has 3 nitrogen and oxygen atoms in total. The van der Waals surface area contributed by atoms with Gasteiger partial charge in [-0.1, -0.05) is 76.4 Å². The van der Waals surface area contributed by atoms with Gasteiger partial charge in [0, 0.05) is 17.4 Å². The van der Waals surface area contributed by atoms with E-state index in [1.165, 1.54) is 11.1 Å². The number of aromatic nitrogens is 2. The summed E-state index contributed by atoms with van der Waals surface area (Å²) in [6, 6.07) is 11.7. The highest BCUT2D eigenvalue weighted by Crippen LogP contribution is 2.39. The SMILES string of the molecule is Cc1ccc(CSc2nc3c(c(Oc4cc(Cl)c(Cl)cc4Cl)n2)CCCC3)cc1. The van der Waals surface area contributed by atoms with Gasteiger partial charge in [-0.25, -0.2) is 4.98 Å². The van der Waals surface area contributed by atoms with Gasteiger partial charge in [-0.3, -0.25) is 0 Å². The van der Waals surface area contributed by atoms with E-state index in [2.05, 4.69) is 31.2 Å². The number of halogens is 3. The number of rotatable bonds is 5. The lowest BCUT2D eigenvalue weighted by atomic mass is 9.97. The lowest BCUT2D eigenvalue weighted by Gasteiger charge is -2.19. The van der Waals surface area contributed by atoms with E-state index in [-0.39, 0.29) is 0 Å². The van der Waals surface area contributed by atoms with Crippen LogP contribution in [0.15, 0.2) is 41.6 Å². The largest absolute Gasteiger partial charge is 0.437 e. The Morgan fingerprint density at radius 3 is 2.45 bits per heavy atom. The Bertz CT molecular complexity index is 1040. The fourth-order valence-corrected chi connectivity index (χ4v) is 4.59. The molecule has 0 unspecified atom stereocenters. The molecule has 2 aromatic carbocycles. The summed E-state index contributed by atoms with van der Waals surface area (Å²) in [5, 5.41) is 1.89. The first-order chi connectivity index (χ1) is 14.0. The summed E-state index contributed by atoms with van der Waals surface area (Å²) in [7, 11) is 0. The summed E-state index contributed by atoms with van der Waals surface area (Å²) in [5.41, 5.74) is 4.59. The number of fused-ring (bicyclic) bond motifs is 1. The average molecular weight is 466 g/mol. The van der Waals surface area contributed by atoms with Gasteiger partial charge in [-0.2, -0.15) is 4.98 Å². The van der Waals surface area contributed by atoms with Crippen molar-refractivity contribution < 1.29 is 4.74 Å². The second kappa shape index (κ2) is 9.13. The predicted molar refractivity (Wildman–Crippen MR) is 121 cm³/mol. The van der Waals surface area contributed by atoms with Crippen LogP contribution in [-0.4, -0.2) is 9.97 Å². The zero-order valence-electron chi connectivity index (χ0n) is 15.8. The Hall–Kier alpha value is -1.46. The van der Waals surface area contributed by atoms with Gasteiger partial charge in [0.05, 0.1) is 20.8 Å². The lowest BCUT2D eigenvalue weighted by Crippen LogP contribution is -2.10. The van der Waals surface area contributed by atoms with E-state index >= 15 is 0 Å². The Morgan fingerprint density at radius 2 is 1.66 bits per heavy atom. The molecular weight excluding hydrogens is 447 g/mol. The van der Waals surface area contributed by atoms with Gasteiger partial charge in [0.1, 0.15) is 5.75 Å². The maximum atomic E-state index is 6.31. The van der Waals surface area contributed by atoms with Gasteiger partial charge in [-0.05, 0) is 44.2 Å². The fourth-order valence-electron chi connectivity index (χ4n) is 3.21. The normalized spacial score (nSPS) is 13.2. The minimum absolute atomic E-state index is 0.392. The molecule has 0 radical (unpaired) electrons. The van der Waals surface area contributed by atoms with Gasteiger partial charge >= 0.3 is 0 Å². The lowest BCUT2D eigenvalue weighted by molar-refractivity contribution is 0.440. The second-order valence-electron chi connectivity index (χ2n) is 7.02. The standard InChI is InChI=1S/C22H19Cl3N2OS/c1-13-6-8-14(9-7-13)12-29-22-26-19-5-3-2-4-15(19)21(27-22)28-20-11-17(24)16(23)10-18(20)25/h6-11H,2-5,12H2,1H3. The Labute approximate surface area is 189 Å². The molecule has 0 fully saturated rings. The summed E-state index contributed by atoms with van der Waals surface area (Å²) >= 11 is 20.1. The van der Waals surface area contributed by atoms with Crippen LogP contribution in [0.2, 0.25) is 15.1 Å². The molecule has 0 saturated carbocycles. The third-order valence-corrected chi connectivity index (χ3v) is 6.73. The molecule has 1 aromatic heterocycles. The van der Waals surface area contributed by atoms with Gasteiger partial charge in [-0.15, -0.1) is 0 Å². The van der Waals surface area contributed by atoms with Gasteiger partial charge in [0.2, 0.25) is 5.88 Å². The van der Waals surface area contributed by atoms with Crippen molar-refractivity contribution in [2.75, 3.05) is 0 Å². The molecule has 0 amide bonds. The highest BCUT2D eigenvalue weighted by Gasteiger charge is 2.21. The van der Waals surface area contributed by atoms with E-state index in [9.17, 15) is 0 Å². The van der Waals surface area contributed by atoms with E-state index < -0.39 is 0 Å². The van der Waals surface area contributed by atoms with Gasteiger partial charge in [0.25, 0.3) is 0 Å². The highest BCUT2D eigenvalue weighted by atomic mass is 35.5. The molecule has 4 rings (SSSR count). The molecule has 0 spiro atoms. The topological polar surface area (TPSA) is 35.0 Å². The summed E-state index contributed by atoms with van der Waals surface area (Å²) in [4.78, 5) is 9.50. The van der Waals surface area contributed by atoms with Crippen LogP contribution in [0.3, 0.4) is 0 Å². The molecule has 0 atom stereocenters. The fraction of sp³-hybridized carbons (Fsp3) is 0.273. The Balaban J connectivity index is 1.63. The Morgan fingerprint density at radius 1 is 0.931 bits per heavy atom. The summed E-state index contributed by atoms with van der Waals surface area (Å²) in [6.07, 6.45) is 4.05. The highest BCUT2D eigenvalue weighted by molar-refractivity contribution is 7.98. The number of hydrogen-bond donors (Lipinski definition) is 0. The van der Waals surface area contributed by atoms with Crippen LogP contribution in [0, 0.1) is 6.92 Å². The number of thioether (sulfide) groups is 1. The van der Waals surface area contributed by atoms with E-state index in [1.54, 1.807) is 23.9 Å². The van der Waals surface area contributed by atoms with Crippen molar-refractivity contribution in [1.29, 1.82) is 0 Å².